The van der Waals surface area contributed by atoms with Gasteiger partial charge in [0.05, 0.1) is 12.8 Å². The minimum absolute atomic E-state index is 0.0114. The Labute approximate surface area is 107 Å². The number of hydrogen-bond acceptors (Lipinski definition) is 4. The predicted octanol–water partition coefficient (Wildman–Crippen LogP) is 1.24. The molecule has 1 fully saturated rings. The second-order valence-corrected chi connectivity index (χ2v) is 4.60. The first kappa shape index (κ1) is 13.0. The lowest BCUT2D eigenvalue weighted by Gasteiger charge is -2.33. The Balaban J connectivity index is 2.11. The number of nitrogens with zero attached hydrogens (tertiary/aromatic N) is 3. The summed E-state index contributed by atoms with van der Waals surface area (Å²) >= 11 is 0. The van der Waals surface area contributed by atoms with Gasteiger partial charge in [-0.2, -0.15) is 0 Å². The van der Waals surface area contributed by atoms with Gasteiger partial charge < -0.3 is 10.0 Å². The molecule has 0 radical (unpaired) electrons. The summed E-state index contributed by atoms with van der Waals surface area (Å²) in [6, 6.07) is 0.236. The van der Waals surface area contributed by atoms with Crippen molar-refractivity contribution < 1.29 is 9.90 Å². The highest BCUT2D eigenvalue weighted by Crippen LogP contribution is 2.23. The summed E-state index contributed by atoms with van der Waals surface area (Å²) in [5.74, 6) is -0.121. The molecule has 0 aliphatic heterocycles. The van der Waals surface area contributed by atoms with Gasteiger partial charge >= 0.3 is 0 Å². The van der Waals surface area contributed by atoms with Crippen molar-refractivity contribution >= 4 is 5.91 Å². The molecule has 98 valence electrons. The number of aromatic nitrogens is 2. The zero-order valence-electron chi connectivity index (χ0n) is 10.5. The van der Waals surface area contributed by atoms with Gasteiger partial charge in [0.25, 0.3) is 5.91 Å². The lowest BCUT2D eigenvalue weighted by molar-refractivity contribution is 0.0579. The molecule has 0 aromatic carbocycles. The first-order chi connectivity index (χ1) is 8.83. The fraction of sp³-hybridized carbons (Fsp3) is 0.615. The first-order valence-corrected chi connectivity index (χ1v) is 6.51. The summed E-state index contributed by atoms with van der Waals surface area (Å²) in [6.07, 6.45) is 10.1. The van der Waals surface area contributed by atoms with Crippen LogP contribution in [0.5, 0.6) is 0 Å². The van der Waals surface area contributed by atoms with E-state index in [0.29, 0.717) is 12.2 Å². The Morgan fingerprint density at radius 2 is 2.11 bits per heavy atom. The maximum absolute atomic E-state index is 12.3. The van der Waals surface area contributed by atoms with E-state index in [1.807, 2.05) is 0 Å². The molecule has 1 aromatic heterocycles. The van der Waals surface area contributed by atoms with Crippen LogP contribution in [-0.2, 0) is 0 Å². The molecule has 0 bridgehead atoms. The number of hydrogen-bond donors (Lipinski definition) is 1. The van der Waals surface area contributed by atoms with Crippen molar-refractivity contribution in [2.75, 3.05) is 13.2 Å². The van der Waals surface area contributed by atoms with Crippen molar-refractivity contribution in [3.8, 4) is 0 Å². The van der Waals surface area contributed by atoms with Crippen LogP contribution in [0.1, 0.15) is 42.6 Å². The largest absolute Gasteiger partial charge is 0.395 e. The highest BCUT2D eigenvalue weighted by molar-refractivity contribution is 5.92. The first-order valence-electron chi connectivity index (χ1n) is 6.51. The Kier molecular flexibility index (Phi) is 4.64. The second-order valence-electron chi connectivity index (χ2n) is 4.60. The van der Waals surface area contributed by atoms with Crippen molar-refractivity contribution in [3.05, 3.63) is 24.3 Å². The monoisotopic (exact) mass is 249 g/mol. The zero-order chi connectivity index (χ0) is 12.8. The Hall–Kier alpha value is -1.49. The molecule has 1 heterocycles. The molecule has 1 aliphatic rings. The van der Waals surface area contributed by atoms with E-state index in [1.54, 1.807) is 11.1 Å². The fourth-order valence-corrected chi connectivity index (χ4v) is 2.51. The highest BCUT2D eigenvalue weighted by Gasteiger charge is 2.26. The minimum atomic E-state index is -0.121. The average molecular weight is 249 g/mol. The van der Waals surface area contributed by atoms with Crippen LogP contribution in [0.15, 0.2) is 18.6 Å². The summed E-state index contributed by atoms with van der Waals surface area (Å²) < 4.78 is 0. The van der Waals surface area contributed by atoms with Gasteiger partial charge in [-0.25, -0.2) is 4.98 Å². The number of amides is 1. The number of carbonyl (C=O) groups is 1. The number of carbonyl (C=O) groups excluding carboxylic acids is 1. The molecule has 1 aliphatic carbocycles. The molecule has 1 saturated carbocycles. The SMILES string of the molecule is O=C(c1cnccn1)N(CCO)C1CCCCC1. The second kappa shape index (κ2) is 6.44. The summed E-state index contributed by atoms with van der Waals surface area (Å²) in [5.41, 5.74) is 0.358. The third-order valence-electron chi connectivity index (χ3n) is 3.40. The van der Waals surface area contributed by atoms with Gasteiger partial charge in [-0.3, -0.25) is 9.78 Å². The van der Waals surface area contributed by atoms with Crippen molar-refractivity contribution in [3.63, 3.8) is 0 Å². The van der Waals surface area contributed by atoms with Crippen molar-refractivity contribution in [1.29, 1.82) is 0 Å². The van der Waals surface area contributed by atoms with Crippen molar-refractivity contribution in [2.45, 2.75) is 38.1 Å². The Morgan fingerprint density at radius 1 is 1.33 bits per heavy atom. The standard InChI is InChI=1S/C13H19N3O2/c17-9-8-16(11-4-2-1-3-5-11)13(18)12-10-14-6-7-15-12/h6-7,10-11,17H,1-5,8-9H2. The number of rotatable bonds is 4. The predicted molar refractivity (Wildman–Crippen MR) is 67.0 cm³/mol. The van der Waals surface area contributed by atoms with Gasteiger partial charge in [0.1, 0.15) is 5.69 Å². The quantitative estimate of drug-likeness (QED) is 0.872. The third-order valence-corrected chi connectivity index (χ3v) is 3.40. The van der Waals surface area contributed by atoms with Crippen LogP contribution >= 0.6 is 0 Å². The molecule has 1 amide bonds. The van der Waals surface area contributed by atoms with Gasteiger partial charge in [0, 0.05) is 25.0 Å². The van der Waals surface area contributed by atoms with Crippen LogP contribution < -0.4 is 0 Å². The van der Waals surface area contributed by atoms with Crippen LogP contribution in [-0.4, -0.2) is 45.1 Å². The molecule has 5 heteroatoms. The molecule has 2 rings (SSSR count). The van der Waals surface area contributed by atoms with E-state index in [9.17, 15) is 4.79 Å². The van der Waals surface area contributed by atoms with Gasteiger partial charge in [0.15, 0.2) is 0 Å². The third kappa shape index (κ3) is 3.04. The van der Waals surface area contributed by atoms with Crippen LogP contribution in [0.25, 0.3) is 0 Å². The molecule has 0 unspecified atom stereocenters. The van der Waals surface area contributed by atoms with Gasteiger partial charge in [0.2, 0.25) is 0 Å². The van der Waals surface area contributed by atoms with E-state index < -0.39 is 0 Å². The highest BCUT2D eigenvalue weighted by atomic mass is 16.3. The van der Waals surface area contributed by atoms with E-state index in [2.05, 4.69) is 9.97 Å². The maximum Gasteiger partial charge on any atom is 0.274 e. The molecule has 18 heavy (non-hydrogen) atoms. The molecule has 5 nitrogen and oxygen atoms in total. The summed E-state index contributed by atoms with van der Waals surface area (Å²) in [7, 11) is 0. The van der Waals surface area contributed by atoms with Gasteiger partial charge in [-0.1, -0.05) is 19.3 Å². The normalized spacial score (nSPS) is 16.5. The lowest BCUT2D eigenvalue weighted by Crippen LogP contribution is -2.43. The minimum Gasteiger partial charge on any atom is -0.395 e. The van der Waals surface area contributed by atoms with Crippen LogP contribution in [0.4, 0.5) is 0 Å². The van der Waals surface area contributed by atoms with E-state index in [0.717, 1.165) is 25.7 Å². The molecule has 0 saturated heterocycles. The molecule has 0 atom stereocenters. The average Bonchev–Trinajstić information content (AvgIpc) is 2.46. The van der Waals surface area contributed by atoms with E-state index in [4.69, 9.17) is 5.11 Å². The fourth-order valence-electron chi connectivity index (χ4n) is 2.51. The van der Waals surface area contributed by atoms with E-state index >= 15 is 0 Å². The van der Waals surface area contributed by atoms with Crippen molar-refractivity contribution in [2.24, 2.45) is 0 Å². The number of aliphatic hydroxyl groups is 1. The Bertz CT molecular complexity index is 377. The molecular weight excluding hydrogens is 230 g/mol. The number of aliphatic hydroxyl groups excluding tert-OH is 1. The maximum atomic E-state index is 12.3. The van der Waals surface area contributed by atoms with Crippen molar-refractivity contribution in [1.82, 2.24) is 14.9 Å². The Morgan fingerprint density at radius 3 is 2.72 bits per heavy atom. The molecular formula is C13H19N3O2. The van der Waals surface area contributed by atoms with Gasteiger partial charge in [-0.05, 0) is 12.8 Å². The van der Waals surface area contributed by atoms with Crippen LogP contribution in [0.2, 0.25) is 0 Å². The zero-order valence-corrected chi connectivity index (χ0v) is 10.5. The lowest BCUT2D eigenvalue weighted by atomic mass is 9.94. The van der Waals surface area contributed by atoms with E-state index in [1.165, 1.54) is 18.8 Å². The van der Waals surface area contributed by atoms with Crippen LogP contribution in [0.3, 0.4) is 0 Å². The summed E-state index contributed by atoms with van der Waals surface area (Å²) in [6.45, 7) is 0.364. The summed E-state index contributed by atoms with van der Waals surface area (Å²) in [5, 5.41) is 9.13. The summed E-state index contributed by atoms with van der Waals surface area (Å²) in [4.78, 5) is 22.1. The topological polar surface area (TPSA) is 66.3 Å². The molecule has 0 spiro atoms. The van der Waals surface area contributed by atoms with Crippen LogP contribution in [0, 0.1) is 0 Å². The van der Waals surface area contributed by atoms with E-state index in [-0.39, 0.29) is 18.6 Å². The molecule has 1 aromatic rings. The molecule has 1 N–H and O–H groups in total. The smallest absolute Gasteiger partial charge is 0.274 e. The van der Waals surface area contributed by atoms with Gasteiger partial charge in [-0.15, -0.1) is 0 Å².